The maximum absolute atomic E-state index is 14.0. The van der Waals surface area contributed by atoms with Crippen LogP contribution in [0.2, 0.25) is 0 Å². The van der Waals surface area contributed by atoms with Gasteiger partial charge in [0.15, 0.2) is 5.82 Å². The van der Waals surface area contributed by atoms with Crippen LogP contribution in [-0.4, -0.2) is 76.2 Å². The zero-order chi connectivity index (χ0) is 28.2. The molecule has 6 rings (SSSR count). The highest BCUT2D eigenvalue weighted by Crippen LogP contribution is 2.44. The minimum absolute atomic E-state index is 0.0160. The van der Waals surface area contributed by atoms with Crippen molar-refractivity contribution in [1.29, 1.82) is 0 Å². The smallest absolute Gasteiger partial charge is 0.309 e. The summed E-state index contributed by atoms with van der Waals surface area (Å²) in [6.07, 6.45) is 16.0. The molecule has 0 amide bonds. The molecule has 41 heavy (non-hydrogen) atoms. The Morgan fingerprint density at radius 2 is 1.59 bits per heavy atom. The summed E-state index contributed by atoms with van der Waals surface area (Å²) < 4.78 is 7.30. The molecule has 2 unspecified atom stereocenters. The second-order valence-corrected chi connectivity index (χ2v) is 12.9. The standard InChI is InChI=1S/C33H49N5O3/c1-2-41-33(40)24-16-19-36(20-17-24)21-18-34-31-32(39)38(30-13-9-8-12-29(30)35-31)28-22-26-14-15-27(23-28)37(26)25-10-6-4-3-5-7-11-25/h8-9,12-13,24-28H,2-7,10-11,14-23H2,1H3,(H,34,35). The average molecular weight is 564 g/mol. The summed E-state index contributed by atoms with van der Waals surface area (Å²) in [4.78, 5) is 36.1. The van der Waals surface area contributed by atoms with Crippen molar-refractivity contribution in [1.82, 2.24) is 19.4 Å². The molecule has 1 aliphatic carbocycles. The van der Waals surface area contributed by atoms with Crippen LogP contribution in [0.25, 0.3) is 11.0 Å². The van der Waals surface area contributed by atoms with Crippen LogP contribution in [0.1, 0.15) is 96.4 Å². The largest absolute Gasteiger partial charge is 0.466 e. The summed E-state index contributed by atoms with van der Waals surface area (Å²) in [7, 11) is 0. The number of nitrogens with one attached hydrogen (secondary N) is 1. The molecule has 2 bridgehead atoms. The molecule has 8 nitrogen and oxygen atoms in total. The molecule has 2 atom stereocenters. The summed E-state index contributed by atoms with van der Waals surface area (Å²) in [5.41, 5.74) is 1.88. The number of fused-ring (bicyclic) bond motifs is 3. The number of para-hydroxylation sites is 2. The molecule has 1 aromatic carbocycles. The van der Waals surface area contributed by atoms with Gasteiger partial charge < -0.3 is 19.5 Å². The third-order valence-corrected chi connectivity index (χ3v) is 10.3. The normalized spacial score (nSPS) is 27.0. The van der Waals surface area contributed by atoms with Crippen molar-refractivity contribution in [3.8, 4) is 0 Å². The Morgan fingerprint density at radius 1 is 0.902 bits per heavy atom. The molecule has 224 valence electrons. The maximum atomic E-state index is 14.0. The second kappa shape index (κ2) is 13.2. The molecule has 3 saturated heterocycles. The van der Waals surface area contributed by atoms with Crippen LogP contribution in [0, 0.1) is 5.92 Å². The van der Waals surface area contributed by atoms with Crippen molar-refractivity contribution < 1.29 is 9.53 Å². The quantitative estimate of drug-likeness (QED) is 0.433. The number of carbonyl (C=O) groups excluding carboxylic acids is 1. The average Bonchev–Trinajstić information content (AvgIpc) is 3.22. The topological polar surface area (TPSA) is 79.7 Å². The first kappa shape index (κ1) is 28.7. The Kier molecular flexibility index (Phi) is 9.26. The molecule has 4 aliphatic rings. The van der Waals surface area contributed by atoms with Gasteiger partial charge in [0.25, 0.3) is 5.56 Å². The van der Waals surface area contributed by atoms with Gasteiger partial charge in [-0.05, 0) is 83.5 Å². The molecule has 2 aromatic rings. The van der Waals surface area contributed by atoms with Crippen molar-refractivity contribution in [2.24, 2.45) is 5.92 Å². The van der Waals surface area contributed by atoms with Crippen molar-refractivity contribution >= 4 is 22.8 Å². The number of hydrogen-bond acceptors (Lipinski definition) is 7. The van der Waals surface area contributed by atoms with Crippen LogP contribution in [0.3, 0.4) is 0 Å². The molecule has 4 fully saturated rings. The molecule has 1 saturated carbocycles. The lowest BCUT2D eigenvalue weighted by atomic mass is 9.89. The predicted octanol–water partition coefficient (Wildman–Crippen LogP) is 5.36. The fourth-order valence-corrected chi connectivity index (χ4v) is 8.34. The molecule has 4 heterocycles. The van der Waals surface area contributed by atoms with E-state index in [0.29, 0.717) is 31.1 Å². The van der Waals surface area contributed by atoms with Crippen molar-refractivity contribution in [3.63, 3.8) is 0 Å². The summed E-state index contributed by atoms with van der Waals surface area (Å²) in [5.74, 6) is 0.428. The van der Waals surface area contributed by atoms with Crippen molar-refractivity contribution in [3.05, 3.63) is 34.6 Å². The number of benzene rings is 1. The third kappa shape index (κ3) is 6.34. The van der Waals surface area contributed by atoms with E-state index in [-0.39, 0.29) is 23.5 Å². The number of ether oxygens (including phenoxy) is 1. The number of rotatable bonds is 8. The summed E-state index contributed by atoms with van der Waals surface area (Å²) in [5, 5.41) is 3.41. The van der Waals surface area contributed by atoms with Crippen LogP contribution in [0.15, 0.2) is 29.1 Å². The number of likely N-dealkylation sites (tertiary alicyclic amines) is 1. The van der Waals surface area contributed by atoms with Crippen LogP contribution in [-0.2, 0) is 9.53 Å². The summed E-state index contributed by atoms with van der Waals surface area (Å²) in [6.45, 7) is 5.55. The van der Waals surface area contributed by atoms with E-state index in [1.807, 2.05) is 25.1 Å². The van der Waals surface area contributed by atoms with Gasteiger partial charge in [0, 0.05) is 37.3 Å². The first-order valence-electron chi connectivity index (χ1n) is 16.5. The summed E-state index contributed by atoms with van der Waals surface area (Å²) in [6, 6.07) is 10.3. The number of hydrogen-bond donors (Lipinski definition) is 1. The van der Waals surface area contributed by atoms with Gasteiger partial charge in [0.2, 0.25) is 0 Å². The number of carbonyl (C=O) groups is 1. The predicted molar refractivity (Wildman–Crippen MR) is 163 cm³/mol. The molecule has 0 radical (unpaired) electrons. The van der Waals surface area contributed by atoms with Gasteiger partial charge >= 0.3 is 5.97 Å². The monoisotopic (exact) mass is 563 g/mol. The SMILES string of the molecule is CCOC(=O)C1CCN(CCNc2nc3ccccc3n(C3CC4CCC(C3)N4C3CCCCCCC3)c2=O)CC1. The Balaban J connectivity index is 1.14. The van der Waals surface area contributed by atoms with Gasteiger partial charge in [-0.1, -0.05) is 44.2 Å². The molecule has 1 aromatic heterocycles. The van der Waals surface area contributed by atoms with E-state index in [1.54, 1.807) is 0 Å². The lowest BCUT2D eigenvalue weighted by Gasteiger charge is -2.45. The Labute approximate surface area is 244 Å². The molecule has 1 N–H and O–H groups in total. The van der Waals surface area contributed by atoms with Crippen LogP contribution >= 0.6 is 0 Å². The zero-order valence-corrected chi connectivity index (χ0v) is 24.9. The Hall–Kier alpha value is -2.45. The van der Waals surface area contributed by atoms with E-state index in [2.05, 4.69) is 25.8 Å². The summed E-state index contributed by atoms with van der Waals surface area (Å²) >= 11 is 0. The van der Waals surface area contributed by atoms with E-state index in [0.717, 1.165) is 62.4 Å². The fourth-order valence-electron chi connectivity index (χ4n) is 8.34. The van der Waals surface area contributed by atoms with Crippen LogP contribution in [0.4, 0.5) is 5.82 Å². The minimum atomic E-state index is -0.0600. The van der Waals surface area contributed by atoms with E-state index in [1.165, 1.54) is 57.8 Å². The number of anilines is 1. The van der Waals surface area contributed by atoms with E-state index in [4.69, 9.17) is 9.72 Å². The molecule has 0 spiro atoms. The zero-order valence-electron chi connectivity index (χ0n) is 24.9. The number of esters is 1. The highest BCUT2D eigenvalue weighted by molar-refractivity contribution is 5.76. The van der Waals surface area contributed by atoms with Crippen LogP contribution in [0.5, 0.6) is 0 Å². The Bertz CT molecular complexity index is 1220. The highest BCUT2D eigenvalue weighted by Gasteiger charge is 2.44. The number of nitrogens with zero attached hydrogens (tertiary/aromatic N) is 4. The van der Waals surface area contributed by atoms with E-state index in [9.17, 15) is 9.59 Å². The lowest BCUT2D eigenvalue weighted by molar-refractivity contribution is -0.149. The van der Waals surface area contributed by atoms with Gasteiger partial charge in [-0.25, -0.2) is 4.98 Å². The lowest BCUT2D eigenvalue weighted by Crippen LogP contribution is -2.50. The van der Waals surface area contributed by atoms with Gasteiger partial charge in [-0.2, -0.15) is 0 Å². The molecular formula is C33H49N5O3. The minimum Gasteiger partial charge on any atom is -0.466 e. The first-order valence-corrected chi connectivity index (χ1v) is 16.5. The number of piperidine rings is 2. The molecular weight excluding hydrogens is 514 g/mol. The van der Waals surface area contributed by atoms with Crippen LogP contribution < -0.4 is 10.9 Å². The molecule has 3 aliphatic heterocycles. The molecule has 8 heteroatoms. The first-order chi connectivity index (χ1) is 20.1. The second-order valence-electron chi connectivity index (χ2n) is 12.9. The third-order valence-electron chi connectivity index (χ3n) is 10.3. The van der Waals surface area contributed by atoms with Gasteiger partial charge in [-0.3, -0.25) is 14.5 Å². The van der Waals surface area contributed by atoms with Gasteiger partial charge in [0.1, 0.15) is 0 Å². The maximum Gasteiger partial charge on any atom is 0.309 e. The number of aromatic nitrogens is 2. The Morgan fingerprint density at radius 3 is 2.29 bits per heavy atom. The van der Waals surface area contributed by atoms with E-state index < -0.39 is 0 Å². The van der Waals surface area contributed by atoms with E-state index >= 15 is 0 Å². The highest BCUT2D eigenvalue weighted by atomic mass is 16.5. The van der Waals surface area contributed by atoms with Gasteiger partial charge in [0.05, 0.1) is 23.6 Å². The van der Waals surface area contributed by atoms with Crippen molar-refractivity contribution in [2.75, 3.05) is 38.1 Å². The fraction of sp³-hybridized carbons (Fsp3) is 0.727. The van der Waals surface area contributed by atoms with Crippen molar-refractivity contribution in [2.45, 2.75) is 115 Å². The van der Waals surface area contributed by atoms with Gasteiger partial charge in [-0.15, -0.1) is 0 Å².